The van der Waals surface area contributed by atoms with Gasteiger partial charge in [-0.2, -0.15) is 0 Å². The van der Waals surface area contributed by atoms with Crippen molar-refractivity contribution in [2.45, 2.75) is 19.8 Å². The molecular weight excluding hydrogens is 248 g/mol. The van der Waals surface area contributed by atoms with Gasteiger partial charge >= 0.3 is 5.69 Å². The molecule has 0 bridgehead atoms. The summed E-state index contributed by atoms with van der Waals surface area (Å²) in [7, 11) is 0. The van der Waals surface area contributed by atoms with Gasteiger partial charge in [-0.05, 0) is 25.5 Å². The van der Waals surface area contributed by atoms with Crippen LogP contribution in [0, 0.1) is 10.1 Å². The van der Waals surface area contributed by atoms with E-state index in [0.717, 1.165) is 0 Å². The normalized spacial score (nSPS) is 9.95. The predicted octanol–water partition coefficient (Wildman–Crippen LogP) is 1.70. The van der Waals surface area contributed by atoms with E-state index in [1.54, 1.807) is 18.2 Å². The van der Waals surface area contributed by atoms with Crippen molar-refractivity contribution in [3.05, 3.63) is 28.3 Å². The summed E-state index contributed by atoms with van der Waals surface area (Å²) in [6, 6.07) is 5.04. The molecule has 1 rings (SSSR count). The summed E-state index contributed by atoms with van der Waals surface area (Å²) in [5.74, 6) is -0.377. The Labute approximate surface area is 111 Å². The average molecular weight is 266 g/mol. The van der Waals surface area contributed by atoms with Gasteiger partial charge in [0.1, 0.15) is 11.4 Å². The lowest BCUT2D eigenvalue weighted by Gasteiger charge is -2.10. The maximum Gasteiger partial charge on any atom is 0.315 e. The number of amides is 1. The van der Waals surface area contributed by atoms with E-state index in [9.17, 15) is 14.9 Å². The summed E-state index contributed by atoms with van der Waals surface area (Å²) in [4.78, 5) is 21.3. The van der Waals surface area contributed by atoms with Crippen LogP contribution >= 0.6 is 0 Å². The highest BCUT2D eigenvalue weighted by Crippen LogP contribution is 2.32. The number of primary amides is 1. The van der Waals surface area contributed by atoms with Crippen molar-refractivity contribution in [3.63, 3.8) is 0 Å². The molecule has 0 heterocycles. The third-order valence-corrected chi connectivity index (χ3v) is 2.50. The topological polar surface area (TPSA) is 110 Å². The maximum absolute atomic E-state index is 11.1. The van der Waals surface area contributed by atoms with Gasteiger partial charge < -0.3 is 16.4 Å². The van der Waals surface area contributed by atoms with Gasteiger partial charge in [-0.1, -0.05) is 6.07 Å². The molecule has 104 valence electrons. The number of nitro benzene ring substituents is 1. The van der Waals surface area contributed by atoms with Crippen molar-refractivity contribution in [1.29, 1.82) is 0 Å². The number of nitro groups is 1. The number of hydrogen-bond donors (Lipinski definition) is 3. The van der Waals surface area contributed by atoms with E-state index in [1.807, 2.05) is 6.92 Å². The van der Waals surface area contributed by atoms with Crippen molar-refractivity contribution in [2.75, 3.05) is 23.7 Å². The van der Waals surface area contributed by atoms with Crippen LogP contribution in [0.3, 0.4) is 0 Å². The Balaban J connectivity index is 2.78. The Morgan fingerprint density at radius 2 is 2.00 bits per heavy atom. The van der Waals surface area contributed by atoms with E-state index in [2.05, 4.69) is 10.6 Å². The summed E-state index contributed by atoms with van der Waals surface area (Å²) in [5, 5.41) is 17.0. The molecule has 1 aromatic carbocycles. The molecule has 7 nitrogen and oxygen atoms in total. The Bertz CT molecular complexity index is 462. The van der Waals surface area contributed by atoms with Crippen LogP contribution in [0.2, 0.25) is 0 Å². The van der Waals surface area contributed by atoms with E-state index >= 15 is 0 Å². The maximum atomic E-state index is 11.1. The Morgan fingerprint density at radius 3 is 2.53 bits per heavy atom. The molecule has 0 unspecified atom stereocenters. The number of nitrogens with one attached hydrogen (secondary N) is 2. The van der Waals surface area contributed by atoms with Gasteiger partial charge in [0.05, 0.1) is 4.92 Å². The molecule has 0 aliphatic rings. The van der Waals surface area contributed by atoms with E-state index in [1.165, 1.54) is 0 Å². The highest BCUT2D eigenvalue weighted by molar-refractivity contribution is 5.76. The monoisotopic (exact) mass is 266 g/mol. The minimum Gasteiger partial charge on any atom is -0.380 e. The van der Waals surface area contributed by atoms with Crippen molar-refractivity contribution < 1.29 is 9.72 Å². The smallest absolute Gasteiger partial charge is 0.315 e. The van der Waals surface area contributed by atoms with Gasteiger partial charge in [0.25, 0.3) is 0 Å². The Morgan fingerprint density at radius 1 is 1.37 bits per heavy atom. The van der Waals surface area contributed by atoms with Crippen LogP contribution in [-0.4, -0.2) is 23.9 Å². The van der Waals surface area contributed by atoms with Gasteiger partial charge in [-0.25, -0.2) is 0 Å². The Hall–Kier alpha value is -2.31. The molecule has 0 saturated heterocycles. The fourth-order valence-electron chi connectivity index (χ4n) is 1.70. The molecule has 0 aliphatic heterocycles. The van der Waals surface area contributed by atoms with Gasteiger partial charge in [-0.15, -0.1) is 0 Å². The SMILES string of the molecule is CCNc1cccc(NCCCC(N)=O)c1[N+](=O)[O-]. The zero-order valence-corrected chi connectivity index (χ0v) is 10.8. The largest absolute Gasteiger partial charge is 0.380 e. The molecule has 0 spiro atoms. The minimum absolute atomic E-state index is 0.0171. The summed E-state index contributed by atoms with van der Waals surface area (Å²) in [6.07, 6.45) is 0.797. The molecule has 0 aromatic heterocycles. The number of para-hydroxylation sites is 1. The van der Waals surface area contributed by atoms with Gasteiger partial charge in [0.2, 0.25) is 5.91 Å². The first-order valence-corrected chi connectivity index (χ1v) is 6.09. The van der Waals surface area contributed by atoms with Crippen LogP contribution in [0.1, 0.15) is 19.8 Å². The molecule has 1 amide bonds. The van der Waals surface area contributed by atoms with E-state index in [-0.39, 0.29) is 18.0 Å². The first-order chi connectivity index (χ1) is 9.06. The van der Waals surface area contributed by atoms with Gasteiger partial charge in [0, 0.05) is 19.5 Å². The number of benzene rings is 1. The van der Waals surface area contributed by atoms with Crippen molar-refractivity contribution >= 4 is 23.0 Å². The van der Waals surface area contributed by atoms with Crippen molar-refractivity contribution in [2.24, 2.45) is 5.73 Å². The minimum atomic E-state index is -0.422. The second kappa shape index (κ2) is 7.20. The van der Waals surface area contributed by atoms with Crippen LogP contribution in [0.25, 0.3) is 0 Å². The lowest BCUT2D eigenvalue weighted by atomic mass is 10.2. The highest BCUT2D eigenvalue weighted by atomic mass is 16.6. The average Bonchev–Trinajstić information content (AvgIpc) is 2.34. The predicted molar refractivity (Wildman–Crippen MR) is 74.2 cm³/mol. The Kier molecular flexibility index (Phi) is 5.59. The van der Waals surface area contributed by atoms with Crippen LogP contribution < -0.4 is 16.4 Å². The van der Waals surface area contributed by atoms with Crippen LogP contribution in [-0.2, 0) is 4.79 Å². The second-order valence-corrected chi connectivity index (χ2v) is 3.99. The summed E-state index contributed by atoms with van der Waals surface area (Å²) >= 11 is 0. The molecule has 1 aromatic rings. The first-order valence-electron chi connectivity index (χ1n) is 6.09. The summed E-state index contributed by atoms with van der Waals surface area (Å²) < 4.78 is 0. The highest BCUT2D eigenvalue weighted by Gasteiger charge is 2.18. The molecule has 19 heavy (non-hydrogen) atoms. The molecule has 4 N–H and O–H groups in total. The fourth-order valence-corrected chi connectivity index (χ4v) is 1.70. The molecule has 0 fully saturated rings. The molecular formula is C12H18N4O3. The van der Waals surface area contributed by atoms with Gasteiger partial charge in [-0.3, -0.25) is 14.9 Å². The zero-order valence-electron chi connectivity index (χ0n) is 10.8. The number of nitrogens with two attached hydrogens (primary N) is 1. The lowest BCUT2D eigenvalue weighted by molar-refractivity contribution is -0.383. The van der Waals surface area contributed by atoms with Crippen molar-refractivity contribution in [1.82, 2.24) is 0 Å². The molecule has 0 saturated carbocycles. The van der Waals surface area contributed by atoms with E-state index in [0.29, 0.717) is 30.9 Å². The van der Waals surface area contributed by atoms with Crippen LogP contribution in [0.5, 0.6) is 0 Å². The molecule has 0 aliphatic carbocycles. The number of rotatable bonds is 8. The third-order valence-electron chi connectivity index (χ3n) is 2.50. The number of nitrogens with zero attached hydrogens (tertiary/aromatic N) is 1. The first kappa shape index (κ1) is 14.7. The van der Waals surface area contributed by atoms with Crippen molar-refractivity contribution in [3.8, 4) is 0 Å². The van der Waals surface area contributed by atoms with Gasteiger partial charge in [0.15, 0.2) is 0 Å². The summed E-state index contributed by atoms with van der Waals surface area (Å²) in [5.41, 5.74) is 5.96. The fraction of sp³-hybridized carbons (Fsp3) is 0.417. The summed E-state index contributed by atoms with van der Waals surface area (Å²) in [6.45, 7) is 2.93. The number of carbonyl (C=O) groups is 1. The molecule has 7 heteroatoms. The number of carbonyl (C=O) groups excluding carboxylic acids is 1. The number of anilines is 2. The van der Waals surface area contributed by atoms with E-state index in [4.69, 9.17) is 5.73 Å². The van der Waals surface area contributed by atoms with E-state index < -0.39 is 4.92 Å². The second-order valence-electron chi connectivity index (χ2n) is 3.99. The quantitative estimate of drug-likeness (QED) is 0.377. The molecule has 0 atom stereocenters. The standard InChI is InChI=1S/C12H18N4O3/c1-2-14-9-5-3-6-10(12(9)16(18)19)15-8-4-7-11(13)17/h3,5-6,14-15H,2,4,7-8H2,1H3,(H2,13,17). The zero-order chi connectivity index (χ0) is 14.3. The third kappa shape index (κ3) is 4.46. The molecule has 0 radical (unpaired) electrons. The number of hydrogen-bond acceptors (Lipinski definition) is 5. The van der Waals surface area contributed by atoms with Crippen LogP contribution in [0.15, 0.2) is 18.2 Å². The lowest BCUT2D eigenvalue weighted by Crippen LogP contribution is -2.13. The van der Waals surface area contributed by atoms with Crippen LogP contribution in [0.4, 0.5) is 17.1 Å².